The highest BCUT2D eigenvalue weighted by atomic mass is 16.2. The van der Waals surface area contributed by atoms with Crippen LogP contribution in [0, 0.1) is 11.8 Å². The number of nitrogens with one attached hydrogen (secondary N) is 2. The SMILES string of the molecule is CC(NC(=O)c1ccc(C#CCN)cc1)C(=O)NC1CC1. The summed E-state index contributed by atoms with van der Waals surface area (Å²) in [5, 5.41) is 5.54. The van der Waals surface area contributed by atoms with Gasteiger partial charge in [0.15, 0.2) is 0 Å². The molecule has 1 fully saturated rings. The Kier molecular flexibility index (Phi) is 4.96. The molecule has 0 bridgehead atoms. The fraction of sp³-hybridized carbons (Fsp3) is 0.375. The van der Waals surface area contributed by atoms with Crippen molar-refractivity contribution in [3.05, 3.63) is 35.4 Å². The third-order valence-electron chi connectivity index (χ3n) is 3.15. The molecule has 0 aromatic heterocycles. The van der Waals surface area contributed by atoms with Crippen molar-refractivity contribution in [1.82, 2.24) is 10.6 Å². The van der Waals surface area contributed by atoms with E-state index in [0.717, 1.165) is 18.4 Å². The Morgan fingerprint density at radius 3 is 2.57 bits per heavy atom. The first-order valence-corrected chi connectivity index (χ1v) is 7.00. The van der Waals surface area contributed by atoms with Crippen molar-refractivity contribution in [1.29, 1.82) is 0 Å². The summed E-state index contributed by atoms with van der Waals surface area (Å²) in [6, 6.07) is 6.62. The Morgan fingerprint density at radius 2 is 2.00 bits per heavy atom. The van der Waals surface area contributed by atoms with E-state index < -0.39 is 6.04 Å². The number of carbonyl (C=O) groups excluding carboxylic acids is 2. The quantitative estimate of drug-likeness (QED) is 0.700. The first-order valence-electron chi connectivity index (χ1n) is 7.00. The maximum absolute atomic E-state index is 12.0. The summed E-state index contributed by atoms with van der Waals surface area (Å²) in [5.41, 5.74) is 6.60. The van der Waals surface area contributed by atoms with Crippen molar-refractivity contribution in [2.75, 3.05) is 6.54 Å². The van der Waals surface area contributed by atoms with Gasteiger partial charge in [0, 0.05) is 17.2 Å². The molecule has 1 aliphatic carbocycles. The highest BCUT2D eigenvalue weighted by molar-refractivity contribution is 5.97. The van der Waals surface area contributed by atoms with E-state index in [4.69, 9.17) is 5.73 Å². The van der Waals surface area contributed by atoms with E-state index in [1.54, 1.807) is 31.2 Å². The highest BCUT2D eigenvalue weighted by Crippen LogP contribution is 2.18. The number of hydrogen-bond acceptors (Lipinski definition) is 3. The van der Waals surface area contributed by atoms with Crippen molar-refractivity contribution in [2.45, 2.75) is 31.8 Å². The predicted octanol–water partition coefficient (Wildman–Crippen LogP) is 0.394. The molecule has 0 heterocycles. The van der Waals surface area contributed by atoms with Crippen LogP contribution < -0.4 is 16.4 Å². The van der Waals surface area contributed by atoms with Crippen molar-refractivity contribution in [3.8, 4) is 11.8 Å². The van der Waals surface area contributed by atoms with Crippen LogP contribution in [-0.2, 0) is 4.79 Å². The minimum absolute atomic E-state index is 0.142. The third-order valence-corrected chi connectivity index (χ3v) is 3.15. The largest absolute Gasteiger partial charge is 0.352 e. The molecule has 1 atom stereocenters. The summed E-state index contributed by atoms with van der Waals surface area (Å²) in [6.45, 7) is 1.98. The Balaban J connectivity index is 1.91. The zero-order valence-electron chi connectivity index (χ0n) is 12.0. The van der Waals surface area contributed by atoms with Gasteiger partial charge in [-0.15, -0.1) is 0 Å². The highest BCUT2D eigenvalue weighted by Gasteiger charge is 2.26. The van der Waals surface area contributed by atoms with Crippen LogP contribution in [0.15, 0.2) is 24.3 Å². The second kappa shape index (κ2) is 6.91. The molecule has 2 amide bonds. The van der Waals surface area contributed by atoms with Gasteiger partial charge in [0.25, 0.3) is 5.91 Å². The van der Waals surface area contributed by atoms with Gasteiger partial charge in [0.05, 0.1) is 6.54 Å². The van der Waals surface area contributed by atoms with Gasteiger partial charge in [0.2, 0.25) is 5.91 Å². The number of amides is 2. The van der Waals surface area contributed by atoms with Crippen LogP contribution in [0.5, 0.6) is 0 Å². The summed E-state index contributed by atoms with van der Waals surface area (Å²) in [6.07, 6.45) is 2.05. The zero-order valence-corrected chi connectivity index (χ0v) is 12.0. The minimum Gasteiger partial charge on any atom is -0.352 e. The monoisotopic (exact) mass is 285 g/mol. The van der Waals surface area contributed by atoms with E-state index in [0.29, 0.717) is 12.1 Å². The van der Waals surface area contributed by atoms with Crippen molar-refractivity contribution >= 4 is 11.8 Å². The van der Waals surface area contributed by atoms with E-state index >= 15 is 0 Å². The van der Waals surface area contributed by atoms with Gasteiger partial charge >= 0.3 is 0 Å². The number of benzene rings is 1. The van der Waals surface area contributed by atoms with E-state index in [-0.39, 0.29) is 17.9 Å². The molecule has 0 saturated heterocycles. The van der Waals surface area contributed by atoms with Crippen molar-refractivity contribution < 1.29 is 9.59 Å². The van der Waals surface area contributed by atoms with Crippen LogP contribution in [0.2, 0.25) is 0 Å². The molecule has 1 saturated carbocycles. The zero-order chi connectivity index (χ0) is 15.2. The fourth-order valence-corrected chi connectivity index (χ4v) is 1.76. The summed E-state index contributed by atoms with van der Waals surface area (Å²) in [5.74, 6) is 5.22. The number of rotatable bonds is 4. The van der Waals surface area contributed by atoms with Gasteiger partial charge in [-0.25, -0.2) is 0 Å². The maximum atomic E-state index is 12.0. The average Bonchev–Trinajstić information content (AvgIpc) is 3.29. The van der Waals surface area contributed by atoms with Gasteiger partial charge in [-0.1, -0.05) is 11.8 Å². The molecule has 5 nitrogen and oxygen atoms in total. The Morgan fingerprint density at radius 1 is 1.33 bits per heavy atom. The molecule has 4 N–H and O–H groups in total. The molecule has 1 aliphatic rings. The molecule has 1 aromatic rings. The third kappa shape index (κ3) is 4.62. The summed E-state index contributed by atoms with van der Waals surface area (Å²) in [4.78, 5) is 23.8. The second-order valence-electron chi connectivity index (χ2n) is 5.06. The molecule has 0 aliphatic heterocycles. The Bertz CT molecular complexity index is 580. The van der Waals surface area contributed by atoms with Crippen molar-refractivity contribution in [3.63, 3.8) is 0 Å². The van der Waals surface area contributed by atoms with E-state index in [1.165, 1.54) is 0 Å². The number of nitrogens with two attached hydrogens (primary N) is 1. The smallest absolute Gasteiger partial charge is 0.251 e. The Hall–Kier alpha value is -2.32. The van der Waals surface area contributed by atoms with Gasteiger partial charge < -0.3 is 16.4 Å². The lowest BCUT2D eigenvalue weighted by atomic mass is 10.1. The molecule has 21 heavy (non-hydrogen) atoms. The first-order chi connectivity index (χ1) is 10.1. The molecule has 110 valence electrons. The molecular weight excluding hydrogens is 266 g/mol. The summed E-state index contributed by atoms with van der Waals surface area (Å²) < 4.78 is 0. The second-order valence-corrected chi connectivity index (χ2v) is 5.06. The summed E-state index contributed by atoms with van der Waals surface area (Å²) >= 11 is 0. The standard InChI is InChI=1S/C16H19N3O2/c1-11(15(20)19-14-8-9-14)18-16(21)13-6-4-12(5-7-13)3-2-10-17/h4-7,11,14H,8-10,17H2,1H3,(H,18,21)(H,19,20). The lowest BCUT2D eigenvalue weighted by molar-refractivity contribution is -0.122. The summed E-state index contributed by atoms with van der Waals surface area (Å²) in [7, 11) is 0. The molecule has 0 radical (unpaired) electrons. The normalized spacial score (nSPS) is 14.6. The van der Waals surface area contributed by atoms with Crippen LogP contribution in [0.4, 0.5) is 0 Å². The fourth-order valence-electron chi connectivity index (χ4n) is 1.76. The molecule has 2 rings (SSSR count). The van der Waals surface area contributed by atoms with Crippen molar-refractivity contribution in [2.24, 2.45) is 5.73 Å². The van der Waals surface area contributed by atoms with Crippen LogP contribution in [0.1, 0.15) is 35.7 Å². The van der Waals surface area contributed by atoms with Gasteiger partial charge in [0.1, 0.15) is 6.04 Å². The predicted molar refractivity (Wildman–Crippen MR) is 80.5 cm³/mol. The number of hydrogen-bond donors (Lipinski definition) is 3. The van der Waals surface area contributed by atoms with Gasteiger partial charge in [-0.3, -0.25) is 9.59 Å². The van der Waals surface area contributed by atoms with Crippen LogP contribution in [-0.4, -0.2) is 30.4 Å². The van der Waals surface area contributed by atoms with E-state index in [2.05, 4.69) is 22.5 Å². The Labute approximate surface area is 124 Å². The lowest BCUT2D eigenvalue weighted by Gasteiger charge is -2.13. The molecular formula is C16H19N3O2. The molecule has 0 spiro atoms. The average molecular weight is 285 g/mol. The lowest BCUT2D eigenvalue weighted by Crippen LogP contribution is -2.45. The molecule has 5 heteroatoms. The minimum atomic E-state index is -0.546. The molecule has 1 aromatic carbocycles. The van der Waals surface area contributed by atoms with E-state index in [9.17, 15) is 9.59 Å². The topological polar surface area (TPSA) is 84.2 Å². The van der Waals surface area contributed by atoms with Gasteiger partial charge in [-0.2, -0.15) is 0 Å². The van der Waals surface area contributed by atoms with Crippen LogP contribution >= 0.6 is 0 Å². The maximum Gasteiger partial charge on any atom is 0.251 e. The van der Waals surface area contributed by atoms with Crippen LogP contribution in [0.25, 0.3) is 0 Å². The first kappa shape index (κ1) is 15.1. The van der Waals surface area contributed by atoms with Crippen LogP contribution in [0.3, 0.4) is 0 Å². The molecule has 1 unspecified atom stereocenters. The number of carbonyl (C=O) groups is 2. The van der Waals surface area contributed by atoms with E-state index in [1.807, 2.05) is 0 Å². The van der Waals surface area contributed by atoms with Gasteiger partial charge in [-0.05, 0) is 44.0 Å².